The Balaban J connectivity index is 0.843. The summed E-state index contributed by atoms with van der Waals surface area (Å²) in [6.07, 6.45) is 4.75. The third-order valence-corrected chi connectivity index (χ3v) is 15.2. The highest BCUT2D eigenvalue weighted by molar-refractivity contribution is 5.91. The van der Waals surface area contributed by atoms with Gasteiger partial charge in [-0.25, -0.2) is 14.4 Å². The number of carbonyl (C=O) groups is 6. The average molecular weight is 926 g/mol. The van der Waals surface area contributed by atoms with E-state index in [9.17, 15) is 33.6 Å². The van der Waals surface area contributed by atoms with E-state index in [1.54, 1.807) is 22.9 Å². The number of benzene rings is 2. The number of para-hydroxylation sites is 1. The molecule has 0 saturated carbocycles. The molecule has 5 aliphatic heterocycles. The van der Waals surface area contributed by atoms with Crippen molar-refractivity contribution in [1.82, 2.24) is 29.1 Å². The molecule has 17 nitrogen and oxygen atoms in total. The lowest BCUT2D eigenvalue weighted by molar-refractivity contribution is -0.146. The number of nitrogens with one attached hydrogen (secondary N) is 1. The molecule has 3 aromatic rings. The van der Waals surface area contributed by atoms with E-state index in [0.29, 0.717) is 107 Å². The Labute approximate surface area is 392 Å². The molecule has 6 heterocycles. The minimum atomic E-state index is -1.16. The number of esters is 1. The van der Waals surface area contributed by atoms with Gasteiger partial charge in [0.25, 0.3) is 5.91 Å². The Morgan fingerprint density at radius 3 is 2.33 bits per heavy atom. The van der Waals surface area contributed by atoms with Crippen molar-refractivity contribution < 1.29 is 42.7 Å². The smallest absolute Gasteiger partial charge is 0.419 e. The lowest BCUT2D eigenvalue weighted by Gasteiger charge is -2.43. The van der Waals surface area contributed by atoms with Gasteiger partial charge in [-0.15, -0.1) is 0 Å². The van der Waals surface area contributed by atoms with E-state index in [1.807, 2.05) is 52.0 Å². The van der Waals surface area contributed by atoms with Crippen LogP contribution >= 0.6 is 0 Å². The fraction of sp³-hybridized carbons (Fsp3) is 0.620. The number of nitrogens with zero attached hydrogens (tertiary/aromatic N) is 6. The molecular weight excluding hydrogens is 859 g/mol. The molecule has 17 heteroatoms. The molecule has 4 fully saturated rings. The van der Waals surface area contributed by atoms with Crippen LogP contribution in [0.3, 0.4) is 0 Å². The number of urea groups is 1. The summed E-state index contributed by atoms with van der Waals surface area (Å²) in [5.41, 5.74) is 4.08. The van der Waals surface area contributed by atoms with Crippen molar-refractivity contribution in [3.8, 4) is 0 Å². The Hall–Kier alpha value is -5.87. The molecule has 67 heavy (non-hydrogen) atoms. The molecule has 0 radical (unpaired) electrons. The molecule has 0 bridgehead atoms. The number of aromatic nitrogens is 1. The number of likely N-dealkylation sites (tertiary alicyclic amines) is 4. The zero-order chi connectivity index (χ0) is 47.4. The van der Waals surface area contributed by atoms with Gasteiger partial charge in [-0.1, -0.05) is 38.1 Å². The van der Waals surface area contributed by atoms with Crippen LogP contribution < -0.4 is 11.1 Å². The predicted molar refractivity (Wildman–Crippen MR) is 249 cm³/mol. The normalized spacial score (nSPS) is 21.0. The van der Waals surface area contributed by atoms with E-state index in [0.717, 1.165) is 49.2 Å². The Kier molecular flexibility index (Phi) is 14.6. The van der Waals surface area contributed by atoms with Crippen LogP contribution in [0, 0.1) is 24.2 Å². The molecule has 1 N–H and O–H groups in total. The van der Waals surface area contributed by atoms with Crippen LogP contribution in [0.2, 0.25) is 0 Å². The third kappa shape index (κ3) is 10.8. The van der Waals surface area contributed by atoms with Crippen molar-refractivity contribution in [3.63, 3.8) is 0 Å². The van der Waals surface area contributed by atoms with E-state index >= 15 is 0 Å². The van der Waals surface area contributed by atoms with Crippen molar-refractivity contribution in [1.29, 1.82) is 0 Å². The van der Waals surface area contributed by atoms with Gasteiger partial charge in [-0.3, -0.25) is 23.7 Å². The molecule has 5 aliphatic rings. The summed E-state index contributed by atoms with van der Waals surface area (Å²) in [5.74, 6) is -0.738. The van der Waals surface area contributed by atoms with E-state index < -0.39 is 23.9 Å². The van der Waals surface area contributed by atoms with Crippen LogP contribution in [-0.4, -0.2) is 143 Å². The standard InChI is InChI=1S/C50H67N7O10/c1-33-12-21-53(22-13-33)42(58)10-11-43(59)65-29-7-20-54-25-17-38(45(54)60)50(3)18-27-55(28-19-50)46(61)41(32-35-30-34(2)44-40(31-35)66-48(63)52(44)4)67-49(64)56-23-15-37(16-24-56)57-26-14-36-8-5-6-9-39(36)51-47(57)62/h5-6,8-9,30-31,33,37-38,41H,7,10-29,32H2,1-4H3,(H,51,62)/t38?,41-/m1/s1. The van der Waals surface area contributed by atoms with Crippen LogP contribution in [0.1, 0.15) is 94.7 Å². The minimum Gasteiger partial charge on any atom is -0.466 e. The first-order valence-electron chi connectivity index (χ1n) is 24.4. The van der Waals surface area contributed by atoms with Crippen molar-refractivity contribution in [2.75, 3.05) is 70.8 Å². The fourth-order valence-electron chi connectivity index (χ4n) is 10.9. The van der Waals surface area contributed by atoms with Crippen molar-refractivity contribution in [2.45, 2.75) is 110 Å². The Bertz CT molecular complexity index is 2390. The van der Waals surface area contributed by atoms with Crippen molar-refractivity contribution >= 4 is 52.6 Å². The molecule has 2 atom stereocenters. The summed E-state index contributed by atoms with van der Waals surface area (Å²) in [7, 11) is 1.64. The molecule has 6 amide bonds. The van der Waals surface area contributed by atoms with E-state index in [-0.39, 0.29) is 67.0 Å². The molecular formula is C50H67N7O10. The molecule has 0 spiro atoms. The summed E-state index contributed by atoms with van der Waals surface area (Å²) in [6.45, 7) is 11.0. The molecule has 1 unspecified atom stereocenters. The van der Waals surface area contributed by atoms with Gasteiger partial charge < -0.3 is 43.7 Å². The van der Waals surface area contributed by atoms with E-state index in [4.69, 9.17) is 13.9 Å². The number of anilines is 1. The third-order valence-electron chi connectivity index (χ3n) is 15.2. The van der Waals surface area contributed by atoms with Crippen LogP contribution in [0.15, 0.2) is 45.6 Å². The lowest BCUT2D eigenvalue weighted by Crippen LogP contribution is -2.52. The number of rotatable bonds is 13. The lowest BCUT2D eigenvalue weighted by atomic mass is 9.69. The number of oxazole rings is 1. The highest BCUT2D eigenvalue weighted by atomic mass is 16.6. The summed E-state index contributed by atoms with van der Waals surface area (Å²) in [6, 6.07) is 11.2. The van der Waals surface area contributed by atoms with Gasteiger partial charge in [0.1, 0.15) is 0 Å². The number of ether oxygens (including phenoxy) is 2. The second kappa shape index (κ2) is 20.6. The monoisotopic (exact) mass is 925 g/mol. The SMILES string of the molecule is Cc1cc(C[C@@H](OC(=O)N2CCC(N3CCc4ccccc4NC3=O)CC2)C(=O)N2CCC(C)(C3CCN(CCCOC(=O)CCC(=O)N4CCC(C)CC4)C3=O)CC2)cc2oc(=O)n(C)c12. The molecule has 1 aromatic heterocycles. The summed E-state index contributed by atoms with van der Waals surface area (Å²) in [4.78, 5) is 102. The molecule has 8 rings (SSSR count). The van der Waals surface area contributed by atoms with Crippen LogP contribution in [0.4, 0.5) is 15.3 Å². The number of piperidine rings is 3. The topological polar surface area (TPSA) is 184 Å². The second-order valence-corrected chi connectivity index (χ2v) is 19.8. The first-order valence-corrected chi connectivity index (χ1v) is 24.4. The maximum Gasteiger partial charge on any atom is 0.419 e. The minimum absolute atomic E-state index is 0.00516. The van der Waals surface area contributed by atoms with Crippen LogP contribution in [0.5, 0.6) is 0 Å². The van der Waals surface area contributed by atoms with Crippen LogP contribution in [-0.2, 0) is 48.5 Å². The number of amides is 6. The summed E-state index contributed by atoms with van der Waals surface area (Å²) >= 11 is 0. The van der Waals surface area contributed by atoms with Gasteiger partial charge in [0.15, 0.2) is 11.7 Å². The van der Waals surface area contributed by atoms with E-state index in [1.165, 1.54) is 4.57 Å². The van der Waals surface area contributed by atoms with Gasteiger partial charge in [-0.2, -0.15) is 0 Å². The zero-order valence-corrected chi connectivity index (χ0v) is 39.6. The summed E-state index contributed by atoms with van der Waals surface area (Å²) in [5, 5.41) is 3.04. The van der Waals surface area contributed by atoms with Crippen molar-refractivity contribution in [2.24, 2.45) is 24.3 Å². The molecule has 2 aromatic carbocycles. The number of carbonyl (C=O) groups excluding carboxylic acids is 6. The summed E-state index contributed by atoms with van der Waals surface area (Å²) < 4.78 is 18.5. The predicted octanol–water partition coefficient (Wildman–Crippen LogP) is 5.49. The van der Waals surface area contributed by atoms with Crippen molar-refractivity contribution in [3.05, 3.63) is 63.6 Å². The second-order valence-electron chi connectivity index (χ2n) is 19.8. The van der Waals surface area contributed by atoms with Crippen LogP contribution in [0.25, 0.3) is 11.1 Å². The van der Waals surface area contributed by atoms with Gasteiger partial charge in [0, 0.05) is 96.4 Å². The van der Waals surface area contributed by atoms with Gasteiger partial charge in [0.2, 0.25) is 11.8 Å². The zero-order valence-electron chi connectivity index (χ0n) is 39.6. The highest BCUT2D eigenvalue weighted by Crippen LogP contribution is 2.44. The Morgan fingerprint density at radius 2 is 1.58 bits per heavy atom. The number of fused-ring (bicyclic) bond motifs is 2. The largest absolute Gasteiger partial charge is 0.466 e. The van der Waals surface area contributed by atoms with E-state index in [2.05, 4.69) is 19.2 Å². The molecule has 4 saturated heterocycles. The van der Waals surface area contributed by atoms with Gasteiger partial charge >= 0.3 is 23.8 Å². The van der Waals surface area contributed by atoms with Gasteiger partial charge in [0.05, 0.1) is 18.5 Å². The highest BCUT2D eigenvalue weighted by Gasteiger charge is 2.47. The Morgan fingerprint density at radius 1 is 0.866 bits per heavy atom. The number of aryl methyl sites for hydroxylation is 2. The van der Waals surface area contributed by atoms with Gasteiger partial charge in [-0.05, 0) is 105 Å². The average Bonchev–Trinajstić information content (AvgIpc) is 3.77. The first-order chi connectivity index (χ1) is 32.2. The first kappa shape index (κ1) is 47.6. The maximum atomic E-state index is 14.5. The molecule has 0 aliphatic carbocycles. The number of hydrogen-bond acceptors (Lipinski definition) is 10. The molecule has 362 valence electrons. The maximum absolute atomic E-state index is 14.5. The quantitative estimate of drug-likeness (QED) is 0.170. The number of hydrogen-bond donors (Lipinski definition) is 1. The fourth-order valence-corrected chi connectivity index (χ4v) is 10.9.